The SMILES string of the molecule is CNS(=O)(=O)c1ccc(CNC(=O)Cn2nc(C)c([N+](=O)[O-])c2C)cc1. The largest absolute Gasteiger partial charge is 0.350 e. The second-order valence-electron chi connectivity index (χ2n) is 5.56. The number of carbonyl (C=O) groups excluding carboxylic acids is 1. The minimum absolute atomic E-state index is 0.0980. The van der Waals surface area contributed by atoms with Crippen LogP contribution in [0.25, 0.3) is 0 Å². The van der Waals surface area contributed by atoms with Gasteiger partial charge in [0.05, 0.1) is 9.82 Å². The van der Waals surface area contributed by atoms with Gasteiger partial charge in [-0.15, -0.1) is 0 Å². The molecular formula is C15H19N5O5S. The van der Waals surface area contributed by atoms with Crippen LogP contribution in [0.2, 0.25) is 0 Å². The molecule has 0 radical (unpaired) electrons. The summed E-state index contributed by atoms with van der Waals surface area (Å²) >= 11 is 0. The van der Waals surface area contributed by atoms with E-state index in [9.17, 15) is 23.3 Å². The Kier molecular flexibility index (Phi) is 5.73. The lowest BCUT2D eigenvalue weighted by atomic mass is 10.2. The summed E-state index contributed by atoms with van der Waals surface area (Å²) in [5.41, 5.74) is 1.18. The third kappa shape index (κ3) is 4.24. The van der Waals surface area contributed by atoms with Crippen LogP contribution in [0, 0.1) is 24.0 Å². The molecule has 0 aliphatic heterocycles. The predicted molar refractivity (Wildman–Crippen MR) is 92.9 cm³/mol. The van der Waals surface area contributed by atoms with Gasteiger partial charge < -0.3 is 5.32 Å². The van der Waals surface area contributed by atoms with Crippen molar-refractivity contribution in [2.24, 2.45) is 0 Å². The highest BCUT2D eigenvalue weighted by Crippen LogP contribution is 2.21. The van der Waals surface area contributed by atoms with E-state index in [1.807, 2.05) is 0 Å². The van der Waals surface area contributed by atoms with Gasteiger partial charge in [-0.05, 0) is 38.6 Å². The van der Waals surface area contributed by atoms with Crippen LogP contribution in [0.3, 0.4) is 0 Å². The lowest BCUT2D eigenvalue weighted by Gasteiger charge is -2.08. The number of carbonyl (C=O) groups is 1. The van der Waals surface area contributed by atoms with Crippen molar-refractivity contribution in [2.45, 2.75) is 31.8 Å². The van der Waals surface area contributed by atoms with Crippen molar-refractivity contribution in [1.82, 2.24) is 19.8 Å². The maximum absolute atomic E-state index is 12.1. The number of aryl methyl sites for hydroxylation is 1. The molecule has 11 heteroatoms. The second-order valence-corrected chi connectivity index (χ2v) is 7.45. The number of amides is 1. The molecule has 140 valence electrons. The van der Waals surface area contributed by atoms with Gasteiger partial charge in [0.25, 0.3) is 0 Å². The first-order valence-electron chi connectivity index (χ1n) is 7.63. The van der Waals surface area contributed by atoms with Crippen molar-refractivity contribution >= 4 is 21.6 Å². The Balaban J connectivity index is 1.99. The second kappa shape index (κ2) is 7.62. The van der Waals surface area contributed by atoms with Gasteiger partial charge in [-0.25, -0.2) is 13.1 Å². The lowest BCUT2D eigenvalue weighted by Crippen LogP contribution is -2.28. The van der Waals surface area contributed by atoms with Crippen LogP contribution in [0.1, 0.15) is 17.0 Å². The fraction of sp³-hybridized carbons (Fsp3) is 0.333. The molecule has 1 heterocycles. The smallest absolute Gasteiger partial charge is 0.312 e. The van der Waals surface area contributed by atoms with E-state index in [-0.39, 0.29) is 35.3 Å². The van der Waals surface area contributed by atoms with Gasteiger partial charge in [0.1, 0.15) is 17.9 Å². The van der Waals surface area contributed by atoms with E-state index in [0.717, 1.165) is 0 Å². The molecular weight excluding hydrogens is 362 g/mol. The molecule has 0 unspecified atom stereocenters. The van der Waals surface area contributed by atoms with Crippen molar-refractivity contribution in [2.75, 3.05) is 7.05 Å². The average Bonchev–Trinajstić information content (AvgIpc) is 2.87. The number of benzene rings is 1. The maximum Gasteiger partial charge on any atom is 0.312 e. The van der Waals surface area contributed by atoms with Crippen LogP contribution in [0.15, 0.2) is 29.2 Å². The van der Waals surface area contributed by atoms with Gasteiger partial charge in [-0.3, -0.25) is 19.6 Å². The van der Waals surface area contributed by atoms with Crippen LogP contribution >= 0.6 is 0 Å². The molecule has 2 rings (SSSR count). The Morgan fingerprint density at radius 2 is 1.88 bits per heavy atom. The summed E-state index contributed by atoms with van der Waals surface area (Å²) in [4.78, 5) is 22.6. The first kappa shape index (κ1) is 19.5. The third-order valence-corrected chi connectivity index (χ3v) is 5.24. The average molecular weight is 381 g/mol. The highest BCUT2D eigenvalue weighted by atomic mass is 32.2. The number of nitrogens with zero attached hydrogens (tertiary/aromatic N) is 3. The normalized spacial score (nSPS) is 11.3. The number of hydrogen-bond donors (Lipinski definition) is 2. The standard InChI is InChI=1S/C15H19N5O5S/c1-10-15(20(22)23)11(2)19(18-10)9-14(21)17-8-12-4-6-13(7-5-12)26(24,25)16-3/h4-7,16H,8-9H2,1-3H3,(H,17,21). The minimum Gasteiger partial charge on any atom is -0.350 e. The number of nitrogens with one attached hydrogen (secondary N) is 2. The molecule has 0 bridgehead atoms. The Bertz CT molecular complexity index is 934. The summed E-state index contributed by atoms with van der Waals surface area (Å²) in [6.45, 7) is 3.10. The molecule has 1 aromatic heterocycles. The zero-order valence-electron chi connectivity index (χ0n) is 14.5. The molecule has 0 saturated carbocycles. The monoisotopic (exact) mass is 381 g/mol. The molecule has 10 nitrogen and oxygen atoms in total. The molecule has 0 atom stereocenters. The molecule has 1 aromatic carbocycles. The van der Waals surface area contributed by atoms with E-state index in [2.05, 4.69) is 15.1 Å². The van der Waals surface area contributed by atoms with E-state index < -0.39 is 14.9 Å². The first-order valence-corrected chi connectivity index (χ1v) is 9.11. The van der Waals surface area contributed by atoms with Gasteiger partial charge in [0, 0.05) is 6.54 Å². The van der Waals surface area contributed by atoms with E-state index >= 15 is 0 Å². The number of hydrogen-bond acceptors (Lipinski definition) is 6. The van der Waals surface area contributed by atoms with Crippen LogP contribution in [-0.4, -0.2) is 36.1 Å². The minimum atomic E-state index is -3.50. The predicted octanol–water partition coefficient (Wildman–Crippen LogP) is 0.633. The molecule has 1 amide bonds. The van der Waals surface area contributed by atoms with Crippen LogP contribution in [0.4, 0.5) is 5.69 Å². The van der Waals surface area contributed by atoms with Crippen molar-refractivity contribution in [3.63, 3.8) is 0 Å². The molecule has 0 spiro atoms. The van der Waals surface area contributed by atoms with Crippen molar-refractivity contribution in [1.29, 1.82) is 0 Å². The summed E-state index contributed by atoms with van der Waals surface area (Å²) in [7, 11) is -2.18. The van der Waals surface area contributed by atoms with Crippen molar-refractivity contribution in [3.05, 3.63) is 51.3 Å². The number of sulfonamides is 1. The fourth-order valence-electron chi connectivity index (χ4n) is 2.40. The topological polar surface area (TPSA) is 136 Å². The summed E-state index contributed by atoms with van der Waals surface area (Å²) in [5.74, 6) is -0.363. The Morgan fingerprint density at radius 1 is 1.27 bits per heavy atom. The summed E-state index contributed by atoms with van der Waals surface area (Å²) < 4.78 is 26.8. The maximum atomic E-state index is 12.1. The van der Waals surface area contributed by atoms with E-state index in [0.29, 0.717) is 11.3 Å². The molecule has 0 aliphatic carbocycles. The zero-order chi connectivity index (χ0) is 19.5. The number of aromatic nitrogens is 2. The quantitative estimate of drug-likeness (QED) is 0.533. The first-order chi connectivity index (χ1) is 12.2. The van der Waals surface area contributed by atoms with Gasteiger partial charge in [0.2, 0.25) is 15.9 Å². The highest BCUT2D eigenvalue weighted by Gasteiger charge is 2.22. The molecule has 0 saturated heterocycles. The summed E-state index contributed by atoms with van der Waals surface area (Å²) in [6.07, 6.45) is 0. The van der Waals surface area contributed by atoms with Gasteiger partial charge in [-0.1, -0.05) is 12.1 Å². The molecule has 26 heavy (non-hydrogen) atoms. The fourth-order valence-corrected chi connectivity index (χ4v) is 3.13. The van der Waals surface area contributed by atoms with Gasteiger partial charge in [-0.2, -0.15) is 5.10 Å². The van der Waals surface area contributed by atoms with Crippen molar-refractivity contribution in [3.8, 4) is 0 Å². The van der Waals surface area contributed by atoms with E-state index in [1.165, 1.54) is 37.7 Å². The van der Waals surface area contributed by atoms with Crippen LogP contribution in [0.5, 0.6) is 0 Å². The van der Waals surface area contributed by atoms with E-state index in [1.54, 1.807) is 12.1 Å². The van der Waals surface area contributed by atoms with E-state index in [4.69, 9.17) is 0 Å². The van der Waals surface area contributed by atoms with Gasteiger partial charge in [0.15, 0.2) is 0 Å². The van der Waals surface area contributed by atoms with Crippen LogP contribution in [-0.2, 0) is 27.9 Å². The molecule has 0 aliphatic rings. The third-order valence-electron chi connectivity index (χ3n) is 3.81. The molecule has 0 fully saturated rings. The highest BCUT2D eigenvalue weighted by molar-refractivity contribution is 7.89. The van der Waals surface area contributed by atoms with Crippen LogP contribution < -0.4 is 10.0 Å². The summed E-state index contributed by atoms with van der Waals surface area (Å²) in [6, 6.07) is 6.08. The Labute approximate surface area is 150 Å². The lowest BCUT2D eigenvalue weighted by molar-refractivity contribution is -0.386. The zero-order valence-corrected chi connectivity index (χ0v) is 15.3. The number of nitro groups is 1. The Morgan fingerprint density at radius 3 is 2.38 bits per heavy atom. The van der Waals surface area contributed by atoms with Crippen molar-refractivity contribution < 1.29 is 18.1 Å². The number of rotatable bonds is 7. The molecule has 2 N–H and O–H groups in total. The summed E-state index contributed by atoms with van der Waals surface area (Å²) in [5, 5.41) is 17.7. The van der Waals surface area contributed by atoms with Gasteiger partial charge >= 0.3 is 5.69 Å². The molecule has 2 aromatic rings. The Hall–Kier alpha value is -2.79.